The number of hydrogen-bond donors (Lipinski definition) is 1. The van der Waals surface area contributed by atoms with Crippen LogP contribution in [0.1, 0.15) is 12.5 Å². The Morgan fingerprint density at radius 2 is 1.81 bits per heavy atom. The van der Waals surface area contributed by atoms with Crippen molar-refractivity contribution in [1.29, 1.82) is 0 Å². The Morgan fingerprint density at radius 1 is 1.09 bits per heavy atom. The highest BCUT2D eigenvalue weighted by atomic mass is 19.4. The van der Waals surface area contributed by atoms with E-state index in [-0.39, 0.29) is 12.2 Å². The Morgan fingerprint density at radius 3 is 2.47 bits per heavy atom. The molecule has 2 aromatic carbocycles. The number of amides is 3. The van der Waals surface area contributed by atoms with Gasteiger partial charge in [-0.2, -0.15) is 0 Å². The van der Waals surface area contributed by atoms with Crippen molar-refractivity contribution < 1.29 is 27.5 Å². The van der Waals surface area contributed by atoms with Gasteiger partial charge < -0.3 is 15.0 Å². The molecule has 1 N–H and O–H groups in total. The number of carbonyl (C=O) groups is 2. The first kappa shape index (κ1) is 21.4. The molecule has 1 unspecified atom stereocenters. The van der Waals surface area contributed by atoms with Crippen molar-refractivity contribution in [3.8, 4) is 5.75 Å². The minimum absolute atomic E-state index is 0.169. The lowest BCUT2D eigenvalue weighted by Gasteiger charge is -2.20. The van der Waals surface area contributed by atoms with E-state index >= 15 is 0 Å². The number of benzene rings is 2. The fourth-order valence-corrected chi connectivity index (χ4v) is 3.63. The maximum atomic E-state index is 13.1. The number of fused-ring (bicyclic) bond motifs is 1. The van der Waals surface area contributed by atoms with Crippen LogP contribution in [0.5, 0.6) is 5.75 Å². The monoisotopic (exact) mass is 444 g/mol. The number of carbonyl (C=O) groups excluding carboxylic acids is 2. The van der Waals surface area contributed by atoms with Crippen LogP contribution in [0.4, 0.5) is 29.3 Å². The smallest absolute Gasteiger partial charge is 0.406 e. The second kappa shape index (κ2) is 8.03. The molecule has 0 saturated carbocycles. The van der Waals surface area contributed by atoms with Gasteiger partial charge in [0.2, 0.25) is 0 Å². The summed E-state index contributed by atoms with van der Waals surface area (Å²) in [6.07, 6.45) is -3.19. The molecule has 0 aliphatic carbocycles. The third kappa shape index (κ3) is 4.03. The number of pyridine rings is 1. The Labute approximate surface area is 181 Å². The van der Waals surface area contributed by atoms with Crippen molar-refractivity contribution in [1.82, 2.24) is 9.88 Å². The van der Waals surface area contributed by atoms with Gasteiger partial charge in [-0.1, -0.05) is 6.07 Å². The number of urea groups is 1. The average molecular weight is 444 g/mol. The Kier molecular flexibility index (Phi) is 5.37. The molecule has 1 fully saturated rings. The van der Waals surface area contributed by atoms with Crippen LogP contribution < -0.4 is 15.0 Å². The molecule has 32 heavy (non-hydrogen) atoms. The van der Waals surface area contributed by atoms with E-state index in [2.05, 4.69) is 15.0 Å². The fourth-order valence-electron chi connectivity index (χ4n) is 3.63. The van der Waals surface area contributed by atoms with E-state index in [1.807, 2.05) is 18.2 Å². The summed E-state index contributed by atoms with van der Waals surface area (Å²) in [7, 11) is 1.80. The van der Waals surface area contributed by atoms with Gasteiger partial charge in [-0.15, -0.1) is 13.2 Å². The first-order valence-corrected chi connectivity index (χ1v) is 9.74. The zero-order valence-electron chi connectivity index (χ0n) is 17.2. The molecular weight excluding hydrogens is 425 g/mol. The number of alkyl halides is 3. The lowest BCUT2D eigenvalue weighted by Crippen LogP contribution is -2.33. The normalized spacial score (nSPS) is 16.7. The maximum Gasteiger partial charge on any atom is 0.573 e. The molecule has 0 bridgehead atoms. The molecule has 10 heteroatoms. The van der Waals surface area contributed by atoms with E-state index in [0.717, 1.165) is 39.2 Å². The van der Waals surface area contributed by atoms with Crippen LogP contribution >= 0.6 is 0 Å². The van der Waals surface area contributed by atoms with E-state index in [0.29, 0.717) is 0 Å². The predicted octanol–water partition coefficient (Wildman–Crippen LogP) is 4.53. The lowest BCUT2D eigenvalue weighted by atomic mass is 10.1. The third-order valence-electron chi connectivity index (χ3n) is 5.27. The van der Waals surface area contributed by atoms with Gasteiger partial charge in [0.05, 0.1) is 11.2 Å². The standard InChI is InChI=1S/C22H19F3N4O3/c1-13-20(30)29(16-4-6-17(7-5-16)32-22(23,24)25)21(31)28(13)12-14-9-10-27-19-11-15(26-2)3-8-18(14)19/h3-11,13,26H,12H2,1-2H3. The van der Waals surface area contributed by atoms with Gasteiger partial charge in [0.25, 0.3) is 5.91 Å². The molecule has 4 rings (SSSR count). The summed E-state index contributed by atoms with van der Waals surface area (Å²) in [5, 5.41) is 3.90. The molecule has 0 spiro atoms. The Hall–Kier alpha value is -3.82. The average Bonchev–Trinajstić information content (AvgIpc) is 2.96. The van der Waals surface area contributed by atoms with Crippen molar-refractivity contribution >= 4 is 34.2 Å². The summed E-state index contributed by atoms with van der Waals surface area (Å²) >= 11 is 0. The maximum absolute atomic E-state index is 13.1. The number of anilines is 2. The Bertz CT molecular complexity index is 1180. The van der Waals surface area contributed by atoms with Crippen LogP contribution in [0.25, 0.3) is 10.9 Å². The van der Waals surface area contributed by atoms with Gasteiger partial charge in [-0.3, -0.25) is 9.78 Å². The highest BCUT2D eigenvalue weighted by Gasteiger charge is 2.43. The lowest BCUT2D eigenvalue weighted by molar-refractivity contribution is -0.274. The zero-order valence-corrected chi connectivity index (χ0v) is 17.2. The molecular formula is C22H19F3N4O3. The molecule has 1 aliphatic rings. The van der Waals surface area contributed by atoms with Crippen molar-refractivity contribution in [3.63, 3.8) is 0 Å². The molecule has 3 aromatic rings. The van der Waals surface area contributed by atoms with Gasteiger partial charge >= 0.3 is 12.4 Å². The minimum Gasteiger partial charge on any atom is -0.406 e. The van der Waals surface area contributed by atoms with Gasteiger partial charge in [-0.05, 0) is 55.0 Å². The third-order valence-corrected chi connectivity index (χ3v) is 5.27. The van der Waals surface area contributed by atoms with E-state index in [9.17, 15) is 22.8 Å². The van der Waals surface area contributed by atoms with Crippen molar-refractivity contribution in [3.05, 3.63) is 60.3 Å². The summed E-state index contributed by atoms with van der Waals surface area (Å²) < 4.78 is 41.0. The zero-order chi connectivity index (χ0) is 23.0. The van der Waals surface area contributed by atoms with Crippen LogP contribution in [0.15, 0.2) is 54.7 Å². The highest BCUT2D eigenvalue weighted by molar-refractivity contribution is 6.21. The molecule has 1 aliphatic heterocycles. The molecule has 2 heterocycles. The highest BCUT2D eigenvalue weighted by Crippen LogP contribution is 2.31. The molecule has 166 valence electrons. The van der Waals surface area contributed by atoms with Crippen LogP contribution in [0, 0.1) is 0 Å². The Balaban J connectivity index is 1.59. The fraction of sp³-hybridized carbons (Fsp3) is 0.227. The number of halogens is 3. The number of nitrogens with one attached hydrogen (secondary N) is 1. The summed E-state index contributed by atoms with van der Waals surface area (Å²) in [5.41, 5.74) is 2.63. The van der Waals surface area contributed by atoms with E-state index in [4.69, 9.17) is 0 Å². The first-order chi connectivity index (χ1) is 15.2. The van der Waals surface area contributed by atoms with Gasteiger partial charge in [-0.25, -0.2) is 9.69 Å². The number of nitrogens with zero attached hydrogens (tertiary/aromatic N) is 3. The number of hydrogen-bond acceptors (Lipinski definition) is 5. The molecule has 7 nitrogen and oxygen atoms in total. The van der Waals surface area contributed by atoms with Crippen LogP contribution in [-0.2, 0) is 11.3 Å². The number of aromatic nitrogens is 1. The number of imide groups is 1. The van der Waals surface area contributed by atoms with Gasteiger partial charge in [0.15, 0.2) is 0 Å². The number of rotatable bonds is 5. The van der Waals surface area contributed by atoms with Crippen molar-refractivity contribution in [2.24, 2.45) is 0 Å². The topological polar surface area (TPSA) is 74.8 Å². The second-order valence-electron chi connectivity index (χ2n) is 7.25. The van der Waals surface area contributed by atoms with E-state index in [1.54, 1.807) is 26.2 Å². The first-order valence-electron chi connectivity index (χ1n) is 9.74. The number of ether oxygens (including phenoxy) is 1. The largest absolute Gasteiger partial charge is 0.573 e. The molecule has 1 saturated heterocycles. The molecule has 1 atom stereocenters. The molecule has 1 aromatic heterocycles. The van der Waals surface area contributed by atoms with Crippen LogP contribution in [0.3, 0.4) is 0 Å². The SMILES string of the molecule is CNc1ccc2c(CN3C(=O)N(c4ccc(OC(F)(F)F)cc4)C(=O)C3C)ccnc2c1. The summed E-state index contributed by atoms with van der Waals surface area (Å²) in [6.45, 7) is 1.79. The summed E-state index contributed by atoms with van der Waals surface area (Å²) in [6, 6.07) is 10.8. The molecule has 0 radical (unpaired) electrons. The minimum atomic E-state index is -4.83. The van der Waals surface area contributed by atoms with Crippen molar-refractivity contribution in [2.45, 2.75) is 25.9 Å². The molecule has 3 amide bonds. The van der Waals surface area contributed by atoms with Gasteiger partial charge in [0, 0.05) is 30.9 Å². The predicted molar refractivity (Wildman–Crippen MR) is 112 cm³/mol. The summed E-state index contributed by atoms with van der Waals surface area (Å²) in [4.78, 5) is 32.6. The van der Waals surface area contributed by atoms with Crippen molar-refractivity contribution in [2.75, 3.05) is 17.3 Å². The van der Waals surface area contributed by atoms with E-state index in [1.165, 1.54) is 17.0 Å². The quantitative estimate of drug-likeness (QED) is 0.586. The van der Waals surface area contributed by atoms with Gasteiger partial charge in [0.1, 0.15) is 11.8 Å². The van der Waals surface area contributed by atoms with E-state index < -0.39 is 30.1 Å². The summed E-state index contributed by atoms with van der Waals surface area (Å²) in [5.74, 6) is -0.898. The second-order valence-corrected chi connectivity index (χ2v) is 7.25. The van der Waals surface area contributed by atoms with Crippen LogP contribution in [0.2, 0.25) is 0 Å². The van der Waals surface area contributed by atoms with Crippen LogP contribution in [-0.4, -0.2) is 41.3 Å².